The molecule has 20 heavy (non-hydrogen) atoms. The molecule has 1 aliphatic rings. The predicted octanol–water partition coefficient (Wildman–Crippen LogP) is 2.94. The molecule has 2 heterocycles. The molecule has 0 atom stereocenters. The third-order valence-corrected chi connectivity index (χ3v) is 3.96. The molecular formula is C15H15ClFN3. The van der Waals surface area contributed by atoms with E-state index in [9.17, 15) is 4.39 Å². The van der Waals surface area contributed by atoms with Crippen molar-refractivity contribution >= 4 is 11.6 Å². The molecule has 0 unspecified atom stereocenters. The van der Waals surface area contributed by atoms with Crippen molar-refractivity contribution in [3.8, 4) is 0 Å². The molecule has 1 aromatic heterocycles. The molecule has 3 rings (SSSR count). The largest absolute Gasteiger partial charge is 0.298 e. The Kier molecular flexibility index (Phi) is 3.94. The van der Waals surface area contributed by atoms with Crippen LogP contribution < -0.4 is 0 Å². The molecule has 1 aliphatic heterocycles. The van der Waals surface area contributed by atoms with Crippen LogP contribution in [-0.4, -0.2) is 28.0 Å². The predicted molar refractivity (Wildman–Crippen MR) is 75.9 cm³/mol. The summed E-state index contributed by atoms with van der Waals surface area (Å²) in [5.41, 5.74) is 1.75. The van der Waals surface area contributed by atoms with E-state index >= 15 is 0 Å². The van der Waals surface area contributed by atoms with E-state index < -0.39 is 0 Å². The highest BCUT2D eigenvalue weighted by atomic mass is 35.5. The van der Waals surface area contributed by atoms with Crippen molar-refractivity contribution in [2.75, 3.05) is 13.1 Å². The summed E-state index contributed by atoms with van der Waals surface area (Å²) in [6.07, 6.45) is 5.89. The summed E-state index contributed by atoms with van der Waals surface area (Å²) in [6.45, 7) is 2.77. The smallest absolute Gasteiger partial charge is 0.127 e. The lowest BCUT2D eigenvalue weighted by atomic mass is 9.91. The zero-order valence-corrected chi connectivity index (χ0v) is 11.7. The molecule has 0 amide bonds. The van der Waals surface area contributed by atoms with Gasteiger partial charge in [0.15, 0.2) is 0 Å². The quantitative estimate of drug-likeness (QED) is 0.867. The summed E-state index contributed by atoms with van der Waals surface area (Å²) < 4.78 is 13.7. The Labute approximate surface area is 122 Å². The maximum Gasteiger partial charge on any atom is 0.127 e. The molecule has 0 bridgehead atoms. The summed E-state index contributed by atoms with van der Waals surface area (Å²) >= 11 is 6.05. The van der Waals surface area contributed by atoms with E-state index in [1.807, 2.05) is 12.4 Å². The lowest BCUT2D eigenvalue weighted by Crippen LogP contribution is -2.46. The number of likely N-dealkylation sites (tertiary alicyclic amines) is 1. The Morgan fingerprint density at radius 1 is 1.25 bits per heavy atom. The first-order valence-corrected chi connectivity index (χ1v) is 6.99. The number of rotatable bonds is 4. The second kappa shape index (κ2) is 5.85. The van der Waals surface area contributed by atoms with E-state index in [-0.39, 0.29) is 5.82 Å². The van der Waals surface area contributed by atoms with Gasteiger partial charge in [-0.25, -0.2) is 14.4 Å². The lowest BCUT2D eigenvalue weighted by molar-refractivity contribution is 0.0918. The molecule has 1 fully saturated rings. The minimum absolute atomic E-state index is 0.201. The third-order valence-electron chi connectivity index (χ3n) is 3.61. The van der Waals surface area contributed by atoms with Crippen LogP contribution in [0, 0.1) is 11.7 Å². The zero-order chi connectivity index (χ0) is 13.9. The van der Waals surface area contributed by atoms with Crippen LogP contribution >= 0.6 is 11.6 Å². The summed E-state index contributed by atoms with van der Waals surface area (Å²) in [5, 5.41) is 0.528. The first-order chi connectivity index (χ1) is 9.72. The Hall–Kier alpha value is -1.52. The van der Waals surface area contributed by atoms with Crippen molar-refractivity contribution in [2.24, 2.45) is 5.92 Å². The van der Waals surface area contributed by atoms with E-state index in [0.717, 1.165) is 25.2 Å². The summed E-state index contributed by atoms with van der Waals surface area (Å²) in [7, 11) is 0. The van der Waals surface area contributed by atoms with Gasteiger partial charge in [0.25, 0.3) is 0 Å². The van der Waals surface area contributed by atoms with Crippen LogP contribution in [0.15, 0.2) is 36.9 Å². The number of halogens is 2. The van der Waals surface area contributed by atoms with Gasteiger partial charge in [0.1, 0.15) is 12.1 Å². The molecule has 0 saturated carbocycles. The van der Waals surface area contributed by atoms with Crippen LogP contribution in [0.2, 0.25) is 5.02 Å². The van der Waals surface area contributed by atoms with Gasteiger partial charge in [0.2, 0.25) is 0 Å². The molecule has 104 valence electrons. The van der Waals surface area contributed by atoms with E-state index in [0.29, 0.717) is 22.9 Å². The molecule has 1 saturated heterocycles. The minimum atomic E-state index is -0.201. The molecule has 0 N–H and O–H groups in total. The fraction of sp³-hybridized carbons (Fsp3) is 0.333. The summed E-state index contributed by atoms with van der Waals surface area (Å²) in [6, 6.07) is 4.86. The Morgan fingerprint density at radius 3 is 2.70 bits per heavy atom. The van der Waals surface area contributed by atoms with Gasteiger partial charge in [-0.15, -0.1) is 0 Å². The van der Waals surface area contributed by atoms with Crippen LogP contribution in [-0.2, 0) is 13.0 Å². The SMILES string of the molecule is Fc1cccc(Cl)c1CC1CN(Cc2cncnc2)C1. The average Bonchev–Trinajstić information content (AvgIpc) is 2.41. The van der Waals surface area contributed by atoms with Gasteiger partial charge >= 0.3 is 0 Å². The Balaban J connectivity index is 1.54. The Morgan fingerprint density at radius 2 is 2.00 bits per heavy atom. The molecule has 0 spiro atoms. The minimum Gasteiger partial charge on any atom is -0.298 e. The normalized spacial score (nSPS) is 16.1. The second-order valence-electron chi connectivity index (χ2n) is 5.21. The Bertz CT molecular complexity index is 565. The van der Waals surface area contributed by atoms with E-state index in [1.165, 1.54) is 12.4 Å². The van der Waals surface area contributed by atoms with Crippen molar-refractivity contribution < 1.29 is 4.39 Å². The molecular weight excluding hydrogens is 277 g/mol. The van der Waals surface area contributed by atoms with Crippen molar-refractivity contribution in [1.82, 2.24) is 14.9 Å². The summed E-state index contributed by atoms with van der Waals surface area (Å²) in [4.78, 5) is 10.3. The van der Waals surface area contributed by atoms with Gasteiger partial charge in [-0.3, -0.25) is 4.90 Å². The highest BCUT2D eigenvalue weighted by Gasteiger charge is 2.28. The molecule has 3 nitrogen and oxygen atoms in total. The zero-order valence-electron chi connectivity index (χ0n) is 11.0. The number of hydrogen-bond acceptors (Lipinski definition) is 3. The molecule has 0 aliphatic carbocycles. The summed E-state index contributed by atoms with van der Waals surface area (Å²) in [5.74, 6) is 0.265. The second-order valence-corrected chi connectivity index (χ2v) is 5.62. The lowest BCUT2D eigenvalue weighted by Gasteiger charge is -2.39. The van der Waals surface area contributed by atoms with Gasteiger partial charge in [0, 0.05) is 48.2 Å². The van der Waals surface area contributed by atoms with Crippen LogP contribution in [0.25, 0.3) is 0 Å². The van der Waals surface area contributed by atoms with E-state index in [1.54, 1.807) is 12.1 Å². The number of benzene rings is 1. The van der Waals surface area contributed by atoms with Crippen molar-refractivity contribution in [3.63, 3.8) is 0 Å². The van der Waals surface area contributed by atoms with Crippen molar-refractivity contribution in [2.45, 2.75) is 13.0 Å². The highest BCUT2D eigenvalue weighted by molar-refractivity contribution is 6.31. The van der Waals surface area contributed by atoms with Crippen molar-refractivity contribution in [1.29, 1.82) is 0 Å². The molecule has 0 radical (unpaired) electrons. The van der Waals surface area contributed by atoms with Crippen LogP contribution in [0.3, 0.4) is 0 Å². The molecule has 1 aromatic carbocycles. The van der Waals surface area contributed by atoms with Crippen LogP contribution in [0.4, 0.5) is 4.39 Å². The van der Waals surface area contributed by atoms with Gasteiger partial charge in [0.05, 0.1) is 0 Å². The standard InChI is InChI=1S/C15H15ClFN3/c16-14-2-1-3-15(17)13(14)4-11-7-20(8-11)9-12-5-18-10-19-6-12/h1-3,5-6,10-11H,4,7-9H2. The molecule has 2 aromatic rings. The van der Waals surface area contributed by atoms with Gasteiger partial charge in [-0.1, -0.05) is 17.7 Å². The monoisotopic (exact) mass is 291 g/mol. The van der Waals surface area contributed by atoms with Crippen LogP contribution in [0.5, 0.6) is 0 Å². The van der Waals surface area contributed by atoms with Gasteiger partial charge in [-0.05, 0) is 24.5 Å². The number of aromatic nitrogens is 2. The van der Waals surface area contributed by atoms with Gasteiger partial charge < -0.3 is 0 Å². The van der Waals surface area contributed by atoms with Gasteiger partial charge in [-0.2, -0.15) is 0 Å². The van der Waals surface area contributed by atoms with E-state index in [2.05, 4.69) is 14.9 Å². The topological polar surface area (TPSA) is 29.0 Å². The first-order valence-electron chi connectivity index (χ1n) is 6.61. The maximum atomic E-state index is 13.7. The third kappa shape index (κ3) is 2.97. The number of hydrogen-bond donors (Lipinski definition) is 0. The molecule has 5 heteroatoms. The fourth-order valence-electron chi connectivity index (χ4n) is 2.62. The fourth-order valence-corrected chi connectivity index (χ4v) is 2.86. The van der Waals surface area contributed by atoms with Crippen LogP contribution in [0.1, 0.15) is 11.1 Å². The first kappa shape index (κ1) is 13.5. The number of nitrogens with zero attached hydrogens (tertiary/aromatic N) is 3. The highest BCUT2D eigenvalue weighted by Crippen LogP contribution is 2.27. The van der Waals surface area contributed by atoms with E-state index in [4.69, 9.17) is 11.6 Å². The maximum absolute atomic E-state index is 13.7. The average molecular weight is 292 g/mol. The van der Waals surface area contributed by atoms with Crippen molar-refractivity contribution in [3.05, 3.63) is 58.9 Å².